The van der Waals surface area contributed by atoms with E-state index in [2.05, 4.69) is 0 Å². The molecule has 0 fully saturated rings. The van der Waals surface area contributed by atoms with Crippen LogP contribution in [0.3, 0.4) is 0 Å². The molecule has 0 bridgehead atoms. The SMILES string of the molecule is CC(CCCl)(Oc1ccccc1)C(=O)O. The minimum Gasteiger partial charge on any atom is -0.478 e. The molecule has 0 amide bonds. The standard InChI is InChI=1S/C11H13ClO3/c1-11(7-8-12,10(13)14)15-9-5-3-2-4-6-9/h2-6H,7-8H2,1H3,(H,13,14). The second-order valence-electron chi connectivity index (χ2n) is 3.39. The molecule has 1 rings (SSSR count). The summed E-state index contributed by atoms with van der Waals surface area (Å²) in [4.78, 5) is 11.0. The molecule has 1 aromatic rings. The normalized spacial score (nSPS) is 14.3. The van der Waals surface area contributed by atoms with Gasteiger partial charge in [0, 0.05) is 12.3 Å². The van der Waals surface area contributed by atoms with Crippen molar-refractivity contribution in [2.24, 2.45) is 0 Å². The van der Waals surface area contributed by atoms with Crippen LogP contribution in [0.4, 0.5) is 0 Å². The maximum atomic E-state index is 11.0. The molecule has 0 aliphatic heterocycles. The van der Waals surface area contributed by atoms with Crippen molar-refractivity contribution in [2.75, 3.05) is 5.88 Å². The van der Waals surface area contributed by atoms with Crippen molar-refractivity contribution in [2.45, 2.75) is 18.9 Å². The van der Waals surface area contributed by atoms with Gasteiger partial charge in [-0.3, -0.25) is 0 Å². The Hall–Kier alpha value is -1.22. The van der Waals surface area contributed by atoms with E-state index in [1.165, 1.54) is 6.92 Å². The Bertz CT molecular complexity index is 326. The van der Waals surface area contributed by atoms with E-state index in [0.29, 0.717) is 5.75 Å². The van der Waals surface area contributed by atoms with Crippen molar-refractivity contribution in [3.05, 3.63) is 30.3 Å². The Morgan fingerprint density at radius 1 is 1.47 bits per heavy atom. The topological polar surface area (TPSA) is 46.5 Å². The zero-order chi connectivity index (χ0) is 11.3. The van der Waals surface area contributed by atoms with Crippen LogP contribution in [0.2, 0.25) is 0 Å². The van der Waals surface area contributed by atoms with E-state index < -0.39 is 11.6 Å². The first-order valence-electron chi connectivity index (χ1n) is 4.62. The van der Waals surface area contributed by atoms with Gasteiger partial charge in [0.15, 0.2) is 0 Å². The first-order chi connectivity index (χ1) is 7.08. The van der Waals surface area contributed by atoms with Crippen LogP contribution < -0.4 is 4.74 Å². The highest BCUT2D eigenvalue weighted by Gasteiger charge is 2.34. The molecule has 0 aromatic heterocycles. The van der Waals surface area contributed by atoms with Gasteiger partial charge in [-0.05, 0) is 19.1 Å². The monoisotopic (exact) mass is 228 g/mol. The highest BCUT2D eigenvalue weighted by Crippen LogP contribution is 2.21. The number of ether oxygens (including phenoxy) is 1. The smallest absolute Gasteiger partial charge is 0.347 e. The third-order valence-corrected chi connectivity index (χ3v) is 2.30. The number of hydrogen-bond donors (Lipinski definition) is 1. The molecule has 1 N–H and O–H groups in total. The summed E-state index contributed by atoms with van der Waals surface area (Å²) in [5, 5.41) is 9.04. The molecule has 1 aromatic carbocycles. The van der Waals surface area contributed by atoms with Crippen molar-refractivity contribution in [1.29, 1.82) is 0 Å². The van der Waals surface area contributed by atoms with Crippen LogP contribution in [0, 0.1) is 0 Å². The molecular formula is C11H13ClO3. The summed E-state index contributed by atoms with van der Waals surface area (Å²) in [7, 11) is 0. The van der Waals surface area contributed by atoms with Gasteiger partial charge in [-0.2, -0.15) is 0 Å². The second kappa shape index (κ2) is 5.03. The molecular weight excluding hydrogens is 216 g/mol. The summed E-state index contributed by atoms with van der Waals surface area (Å²) >= 11 is 5.55. The highest BCUT2D eigenvalue weighted by atomic mass is 35.5. The molecule has 0 spiro atoms. The Balaban J connectivity index is 2.80. The van der Waals surface area contributed by atoms with E-state index in [0.717, 1.165) is 0 Å². The fraction of sp³-hybridized carbons (Fsp3) is 0.364. The van der Waals surface area contributed by atoms with Gasteiger partial charge in [0.05, 0.1) is 0 Å². The summed E-state index contributed by atoms with van der Waals surface area (Å²) in [6.07, 6.45) is 0.263. The maximum Gasteiger partial charge on any atom is 0.347 e. The number of rotatable bonds is 5. The van der Waals surface area contributed by atoms with Crippen LogP contribution in [0.15, 0.2) is 30.3 Å². The van der Waals surface area contributed by atoms with Gasteiger partial charge in [-0.1, -0.05) is 18.2 Å². The number of carboxylic acids is 1. The zero-order valence-corrected chi connectivity index (χ0v) is 9.20. The molecule has 3 nitrogen and oxygen atoms in total. The van der Waals surface area contributed by atoms with Gasteiger partial charge in [0.1, 0.15) is 5.75 Å². The number of carbonyl (C=O) groups is 1. The predicted octanol–water partition coefficient (Wildman–Crippen LogP) is 2.54. The summed E-state index contributed by atoms with van der Waals surface area (Å²) < 4.78 is 5.42. The fourth-order valence-corrected chi connectivity index (χ4v) is 1.49. The van der Waals surface area contributed by atoms with Crippen LogP contribution in [0.25, 0.3) is 0 Å². The maximum absolute atomic E-state index is 11.0. The third-order valence-electron chi connectivity index (χ3n) is 2.11. The molecule has 4 heteroatoms. The molecule has 0 radical (unpaired) electrons. The summed E-state index contributed by atoms with van der Waals surface area (Å²) in [6.45, 7) is 1.52. The van der Waals surface area contributed by atoms with Gasteiger partial charge in [-0.15, -0.1) is 11.6 Å². The second-order valence-corrected chi connectivity index (χ2v) is 3.77. The van der Waals surface area contributed by atoms with Crippen LogP contribution >= 0.6 is 11.6 Å². The molecule has 0 aliphatic rings. The fourth-order valence-electron chi connectivity index (χ4n) is 1.13. The predicted molar refractivity (Wildman–Crippen MR) is 58.4 cm³/mol. The lowest BCUT2D eigenvalue weighted by Gasteiger charge is -2.25. The molecule has 0 saturated heterocycles. The lowest BCUT2D eigenvalue weighted by molar-refractivity contribution is -0.153. The zero-order valence-electron chi connectivity index (χ0n) is 8.44. The number of halogens is 1. The molecule has 15 heavy (non-hydrogen) atoms. The van der Waals surface area contributed by atoms with E-state index in [1.807, 2.05) is 6.07 Å². The lowest BCUT2D eigenvalue weighted by atomic mass is 10.0. The van der Waals surface area contributed by atoms with Gasteiger partial charge < -0.3 is 9.84 Å². The Morgan fingerprint density at radius 3 is 2.53 bits per heavy atom. The number of hydrogen-bond acceptors (Lipinski definition) is 2. The Morgan fingerprint density at radius 2 is 2.07 bits per heavy atom. The molecule has 1 unspecified atom stereocenters. The minimum atomic E-state index is -1.26. The van der Waals surface area contributed by atoms with Crippen molar-refractivity contribution < 1.29 is 14.6 Å². The van der Waals surface area contributed by atoms with E-state index >= 15 is 0 Å². The van der Waals surface area contributed by atoms with Crippen molar-refractivity contribution in [3.8, 4) is 5.75 Å². The number of para-hydroxylation sites is 1. The Kier molecular flexibility index (Phi) is 3.97. The van der Waals surface area contributed by atoms with E-state index in [1.54, 1.807) is 24.3 Å². The summed E-state index contributed by atoms with van der Waals surface area (Å²) in [5.41, 5.74) is -1.26. The molecule has 0 saturated carbocycles. The van der Waals surface area contributed by atoms with Gasteiger partial charge in [-0.25, -0.2) is 4.79 Å². The Labute approximate surface area is 93.6 Å². The van der Waals surface area contributed by atoms with Crippen molar-refractivity contribution in [3.63, 3.8) is 0 Å². The third kappa shape index (κ3) is 3.13. The number of alkyl halides is 1. The quantitative estimate of drug-likeness (QED) is 0.788. The van der Waals surface area contributed by atoms with Crippen LogP contribution in [0.1, 0.15) is 13.3 Å². The lowest BCUT2D eigenvalue weighted by Crippen LogP contribution is -2.41. The average Bonchev–Trinajstić information content (AvgIpc) is 2.19. The van der Waals surface area contributed by atoms with Gasteiger partial charge in [0.2, 0.25) is 5.60 Å². The highest BCUT2D eigenvalue weighted by molar-refractivity contribution is 6.18. The van der Waals surface area contributed by atoms with Crippen LogP contribution in [0.5, 0.6) is 5.75 Å². The van der Waals surface area contributed by atoms with Crippen molar-refractivity contribution in [1.82, 2.24) is 0 Å². The number of carboxylic acid groups (broad SMARTS) is 1. The largest absolute Gasteiger partial charge is 0.478 e. The van der Waals surface area contributed by atoms with E-state index in [-0.39, 0.29) is 12.3 Å². The van der Waals surface area contributed by atoms with Gasteiger partial charge in [0.25, 0.3) is 0 Å². The summed E-state index contributed by atoms with van der Waals surface area (Å²) in [5.74, 6) is -0.227. The van der Waals surface area contributed by atoms with Crippen LogP contribution in [-0.4, -0.2) is 22.6 Å². The molecule has 1 atom stereocenters. The first kappa shape index (κ1) is 11.9. The van der Waals surface area contributed by atoms with E-state index in [4.69, 9.17) is 21.4 Å². The minimum absolute atomic E-state index is 0.246. The van der Waals surface area contributed by atoms with E-state index in [9.17, 15) is 4.79 Å². The number of aliphatic carboxylic acids is 1. The number of benzene rings is 1. The van der Waals surface area contributed by atoms with Crippen LogP contribution in [-0.2, 0) is 4.79 Å². The molecule has 0 heterocycles. The van der Waals surface area contributed by atoms with Crippen molar-refractivity contribution >= 4 is 17.6 Å². The summed E-state index contributed by atoms with van der Waals surface area (Å²) in [6, 6.07) is 8.86. The molecule has 82 valence electrons. The molecule has 0 aliphatic carbocycles. The average molecular weight is 229 g/mol. The van der Waals surface area contributed by atoms with Gasteiger partial charge >= 0.3 is 5.97 Å². The first-order valence-corrected chi connectivity index (χ1v) is 5.15.